The van der Waals surface area contributed by atoms with E-state index in [0.717, 1.165) is 16.5 Å². The molecule has 1 heterocycles. The summed E-state index contributed by atoms with van der Waals surface area (Å²) >= 11 is 0. The first-order valence-corrected chi connectivity index (χ1v) is 6.01. The lowest BCUT2D eigenvalue weighted by atomic mass is 10.1. The summed E-state index contributed by atoms with van der Waals surface area (Å²) in [5.74, 6) is -0.698. The van der Waals surface area contributed by atoms with Crippen LogP contribution >= 0.6 is 0 Å². The molecule has 0 spiro atoms. The number of amides is 1. The van der Waals surface area contributed by atoms with Crippen LogP contribution in [0.3, 0.4) is 0 Å². The summed E-state index contributed by atoms with van der Waals surface area (Å²) < 4.78 is 4.71. The second kappa shape index (κ2) is 5.56. The number of esters is 1. The standard InChI is InChI=1S/C14H16N2O3/c1-9(17)16-13(14(18)19-2)7-10-8-15-12-6-4-3-5-11(10)12/h3-6,8,13,15H,7H2,1-2H3,(H,16,17)/t13-/m1/s1. The minimum absolute atomic E-state index is 0.254. The Balaban J connectivity index is 2.25. The van der Waals surface area contributed by atoms with E-state index in [9.17, 15) is 9.59 Å². The third kappa shape index (κ3) is 2.93. The predicted octanol–water partition coefficient (Wildman–Crippen LogP) is 1.39. The minimum Gasteiger partial charge on any atom is -0.467 e. The van der Waals surface area contributed by atoms with Gasteiger partial charge in [-0.15, -0.1) is 0 Å². The largest absolute Gasteiger partial charge is 0.467 e. The van der Waals surface area contributed by atoms with Crippen LogP contribution in [0.4, 0.5) is 0 Å². The fourth-order valence-electron chi connectivity index (χ4n) is 2.10. The SMILES string of the molecule is COC(=O)[C@@H](Cc1c[nH]c2ccccc12)NC(C)=O. The molecule has 0 aliphatic carbocycles. The number of carbonyl (C=O) groups is 2. The van der Waals surface area contributed by atoms with Gasteiger partial charge in [-0.05, 0) is 11.6 Å². The highest BCUT2D eigenvalue weighted by atomic mass is 16.5. The van der Waals surface area contributed by atoms with Gasteiger partial charge in [0.05, 0.1) is 7.11 Å². The Hall–Kier alpha value is -2.30. The van der Waals surface area contributed by atoms with Gasteiger partial charge in [0.2, 0.25) is 5.91 Å². The fourth-order valence-corrected chi connectivity index (χ4v) is 2.10. The molecule has 19 heavy (non-hydrogen) atoms. The van der Waals surface area contributed by atoms with Crippen molar-refractivity contribution in [1.82, 2.24) is 10.3 Å². The molecule has 2 rings (SSSR count). The lowest BCUT2D eigenvalue weighted by Crippen LogP contribution is -2.41. The zero-order valence-corrected chi connectivity index (χ0v) is 10.9. The van der Waals surface area contributed by atoms with E-state index in [-0.39, 0.29) is 5.91 Å². The molecule has 100 valence electrons. The summed E-state index contributed by atoms with van der Waals surface area (Å²) in [6, 6.07) is 7.15. The van der Waals surface area contributed by atoms with Crippen LogP contribution in [0.15, 0.2) is 30.5 Å². The number of methoxy groups -OCH3 is 1. The van der Waals surface area contributed by atoms with Crippen LogP contribution in [0, 0.1) is 0 Å². The number of aromatic nitrogens is 1. The summed E-state index contributed by atoms with van der Waals surface area (Å²) in [5.41, 5.74) is 1.98. The van der Waals surface area contributed by atoms with Gasteiger partial charge in [0.1, 0.15) is 6.04 Å². The Labute approximate surface area is 110 Å². The molecule has 0 saturated heterocycles. The van der Waals surface area contributed by atoms with E-state index in [1.165, 1.54) is 14.0 Å². The molecule has 0 aliphatic heterocycles. The molecule has 1 atom stereocenters. The molecule has 2 N–H and O–H groups in total. The van der Waals surface area contributed by atoms with Crippen molar-refractivity contribution < 1.29 is 14.3 Å². The maximum Gasteiger partial charge on any atom is 0.328 e. The number of hydrogen-bond acceptors (Lipinski definition) is 3. The maximum atomic E-state index is 11.7. The number of carbonyl (C=O) groups excluding carboxylic acids is 2. The Morgan fingerprint density at radius 1 is 1.37 bits per heavy atom. The van der Waals surface area contributed by atoms with Crippen molar-refractivity contribution in [3.05, 3.63) is 36.0 Å². The van der Waals surface area contributed by atoms with Crippen molar-refractivity contribution in [3.63, 3.8) is 0 Å². The molecule has 1 aromatic heterocycles. The van der Waals surface area contributed by atoms with E-state index in [4.69, 9.17) is 4.74 Å². The van der Waals surface area contributed by atoms with Crippen LogP contribution in [-0.2, 0) is 20.7 Å². The van der Waals surface area contributed by atoms with Gasteiger partial charge < -0.3 is 15.0 Å². The van der Waals surface area contributed by atoms with Gasteiger partial charge in [0.15, 0.2) is 0 Å². The van der Waals surface area contributed by atoms with E-state index < -0.39 is 12.0 Å². The van der Waals surface area contributed by atoms with Crippen LogP contribution in [-0.4, -0.2) is 30.0 Å². The van der Waals surface area contributed by atoms with Crippen molar-refractivity contribution >= 4 is 22.8 Å². The van der Waals surface area contributed by atoms with Crippen LogP contribution in [0.2, 0.25) is 0 Å². The number of para-hydroxylation sites is 1. The Morgan fingerprint density at radius 3 is 2.79 bits per heavy atom. The van der Waals surface area contributed by atoms with Crippen molar-refractivity contribution in [2.24, 2.45) is 0 Å². The third-order valence-corrected chi connectivity index (χ3v) is 2.96. The third-order valence-electron chi connectivity index (χ3n) is 2.96. The first kappa shape index (κ1) is 13.1. The van der Waals surface area contributed by atoms with Crippen molar-refractivity contribution in [1.29, 1.82) is 0 Å². The topological polar surface area (TPSA) is 71.2 Å². The smallest absolute Gasteiger partial charge is 0.328 e. The van der Waals surface area contributed by atoms with E-state index >= 15 is 0 Å². The first-order chi connectivity index (χ1) is 9.11. The molecule has 0 saturated carbocycles. The molecule has 0 unspecified atom stereocenters. The number of rotatable bonds is 4. The van der Waals surface area contributed by atoms with Gasteiger partial charge in [-0.1, -0.05) is 18.2 Å². The Kier molecular flexibility index (Phi) is 3.85. The number of ether oxygens (including phenoxy) is 1. The molecular weight excluding hydrogens is 244 g/mol. The van der Waals surface area contributed by atoms with E-state index in [0.29, 0.717) is 6.42 Å². The maximum absolute atomic E-state index is 11.7. The zero-order valence-electron chi connectivity index (χ0n) is 10.9. The average Bonchev–Trinajstić information content (AvgIpc) is 2.80. The Bertz CT molecular complexity index is 604. The summed E-state index contributed by atoms with van der Waals surface area (Å²) in [7, 11) is 1.31. The highest BCUT2D eigenvalue weighted by molar-refractivity contribution is 5.86. The second-order valence-electron chi connectivity index (χ2n) is 4.34. The van der Waals surface area contributed by atoms with Crippen LogP contribution in [0.1, 0.15) is 12.5 Å². The molecular formula is C14H16N2O3. The van der Waals surface area contributed by atoms with Gasteiger partial charge in [0, 0.05) is 30.4 Å². The molecule has 1 amide bonds. The number of aromatic amines is 1. The summed E-state index contributed by atoms with van der Waals surface area (Å²) in [6.07, 6.45) is 2.25. The molecule has 5 heteroatoms. The van der Waals surface area contributed by atoms with Crippen LogP contribution in [0.5, 0.6) is 0 Å². The van der Waals surface area contributed by atoms with Gasteiger partial charge in [-0.25, -0.2) is 4.79 Å². The van der Waals surface area contributed by atoms with E-state index in [1.807, 2.05) is 30.5 Å². The van der Waals surface area contributed by atoms with Gasteiger partial charge >= 0.3 is 5.97 Å². The van der Waals surface area contributed by atoms with Crippen molar-refractivity contribution in [2.45, 2.75) is 19.4 Å². The lowest BCUT2D eigenvalue weighted by molar-refractivity contribution is -0.144. The molecule has 0 fully saturated rings. The average molecular weight is 260 g/mol. The summed E-state index contributed by atoms with van der Waals surface area (Å²) in [4.78, 5) is 25.9. The number of H-pyrrole nitrogens is 1. The number of hydrogen-bond donors (Lipinski definition) is 2. The van der Waals surface area contributed by atoms with Crippen LogP contribution in [0.25, 0.3) is 10.9 Å². The highest BCUT2D eigenvalue weighted by Crippen LogP contribution is 2.19. The Morgan fingerprint density at radius 2 is 2.11 bits per heavy atom. The number of benzene rings is 1. The second-order valence-corrected chi connectivity index (χ2v) is 4.34. The molecule has 5 nitrogen and oxygen atoms in total. The first-order valence-electron chi connectivity index (χ1n) is 6.01. The van der Waals surface area contributed by atoms with E-state index in [2.05, 4.69) is 10.3 Å². The predicted molar refractivity (Wildman–Crippen MR) is 71.6 cm³/mol. The normalized spacial score (nSPS) is 12.1. The minimum atomic E-state index is -0.665. The monoisotopic (exact) mass is 260 g/mol. The molecule has 2 aromatic rings. The molecule has 0 radical (unpaired) electrons. The van der Waals surface area contributed by atoms with Crippen LogP contribution < -0.4 is 5.32 Å². The number of fused-ring (bicyclic) bond motifs is 1. The molecule has 0 aliphatic rings. The van der Waals surface area contributed by atoms with Crippen molar-refractivity contribution in [2.75, 3.05) is 7.11 Å². The van der Waals surface area contributed by atoms with E-state index in [1.54, 1.807) is 0 Å². The lowest BCUT2D eigenvalue weighted by Gasteiger charge is -2.14. The van der Waals surface area contributed by atoms with Gasteiger partial charge in [-0.3, -0.25) is 4.79 Å². The molecule has 0 bridgehead atoms. The van der Waals surface area contributed by atoms with Gasteiger partial charge in [0.25, 0.3) is 0 Å². The summed E-state index contributed by atoms with van der Waals surface area (Å²) in [6.45, 7) is 1.38. The van der Waals surface area contributed by atoms with Gasteiger partial charge in [-0.2, -0.15) is 0 Å². The molecule has 1 aromatic carbocycles. The zero-order chi connectivity index (χ0) is 13.8. The summed E-state index contributed by atoms with van der Waals surface area (Å²) in [5, 5.41) is 3.65. The fraction of sp³-hybridized carbons (Fsp3) is 0.286. The van der Waals surface area contributed by atoms with Crippen molar-refractivity contribution in [3.8, 4) is 0 Å². The quantitative estimate of drug-likeness (QED) is 0.816. The highest BCUT2D eigenvalue weighted by Gasteiger charge is 2.21. The number of nitrogens with one attached hydrogen (secondary N) is 2.